The van der Waals surface area contributed by atoms with Gasteiger partial charge < -0.3 is 5.73 Å². The van der Waals surface area contributed by atoms with Gasteiger partial charge in [0.05, 0.1) is 16.1 Å². The predicted molar refractivity (Wildman–Crippen MR) is 70.3 cm³/mol. The highest BCUT2D eigenvalue weighted by Crippen LogP contribution is 2.28. The molecule has 5 heteroatoms. The number of nitro groups is 1. The molecule has 0 aliphatic heterocycles. The smallest absolute Gasteiger partial charge is 0.295 e. The second-order valence-electron chi connectivity index (χ2n) is 4.01. The molecule has 0 fully saturated rings. The fourth-order valence-corrected chi connectivity index (χ4v) is 2.04. The van der Waals surface area contributed by atoms with Crippen molar-refractivity contribution >= 4 is 33.2 Å². The average Bonchev–Trinajstić information content (AvgIpc) is 2.36. The molecule has 0 atom stereocenters. The van der Waals surface area contributed by atoms with Crippen LogP contribution in [0.4, 0.5) is 11.4 Å². The zero-order chi connectivity index (χ0) is 12.7. The summed E-state index contributed by atoms with van der Waals surface area (Å²) in [5.74, 6) is 0. The number of nitrogens with zero attached hydrogens (tertiary/aromatic N) is 2. The number of non-ortho nitro benzene ring substituents is 1. The summed E-state index contributed by atoms with van der Waals surface area (Å²) >= 11 is 0. The first-order chi connectivity index (χ1) is 8.66. The Bertz CT molecular complexity index is 784. The van der Waals surface area contributed by atoms with Crippen molar-refractivity contribution in [3.63, 3.8) is 0 Å². The number of nitrogen functional groups attached to an aromatic ring is 1. The fraction of sp³-hybridized carbons (Fsp3) is 0. The van der Waals surface area contributed by atoms with Gasteiger partial charge in [0.25, 0.3) is 5.69 Å². The van der Waals surface area contributed by atoms with Gasteiger partial charge >= 0.3 is 0 Å². The van der Waals surface area contributed by atoms with Gasteiger partial charge in [0.2, 0.25) is 0 Å². The van der Waals surface area contributed by atoms with Crippen molar-refractivity contribution in [2.75, 3.05) is 5.73 Å². The van der Waals surface area contributed by atoms with Gasteiger partial charge in [-0.15, -0.1) is 0 Å². The van der Waals surface area contributed by atoms with Gasteiger partial charge in [-0.3, -0.25) is 10.1 Å². The van der Waals surface area contributed by atoms with Crippen molar-refractivity contribution in [2.24, 2.45) is 0 Å². The van der Waals surface area contributed by atoms with Crippen LogP contribution in [0.25, 0.3) is 21.8 Å². The van der Waals surface area contributed by atoms with Crippen LogP contribution in [-0.4, -0.2) is 9.91 Å². The van der Waals surface area contributed by atoms with E-state index < -0.39 is 4.92 Å². The number of hydrogen-bond donors (Lipinski definition) is 1. The van der Waals surface area contributed by atoms with Gasteiger partial charge in [-0.1, -0.05) is 24.3 Å². The quantitative estimate of drug-likeness (QED) is 0.306. The maximum absolute atomic E-state index is 11.0. The number of nitro benzene ring substituents is 1. The highest BCUT2D eigenvalue weighted by molar-refractivity contribution is 6.00. The van der Waals surface area contributed by atoms with Crippen LogP contribution in [0.5, 0.6) is 0 Å². The monoisotopic (exact) mass is 239 g/mol. The highest BCUT2D eigenvalue weighted by atomic mass is 16.6. The molecule has 2 aromatic carbocycles. The van der Waals surface area contributed by atoms with E-state index in [0.29, 0.717) is 16.7 Å². The Labute approximate surface area is 102 Å². The van der Waals surface area contributed by atoms with Gasteiger partial charge in [0.15, 0.2) is 0 Å². The first kappa shape index (κ1) is 10.5. The Morgan fingerprint density at radius 3 is 2.44 bits per heavy atom. The fourth-order valence-electron chi connectivity index (χ4n) is 2.04. The normalized spacial score (nSPS) is 10.9. The molecular weight excluding hydrogens is 230 g/mol. The van der Waals surface area contributed by atoms with Crippen molar-refractivity contribution in [2.45, 2.75) is 0 Å². The molecule has 0 saturated carbocycles. The topological polar surface area (TPSA) is 82.0 Å². The molecule has 0 unspecified atom stereocenters. The third-order valence-electron chi connectivity index (χ3n) is 2.88. The summed E-state index contributed by atoms with van der Waals surface area (Å²) in [6.07, 6.45) is 0. The van der Waals surface area contributed by atoms with Gasteiger partial charge in [-0.05, 0) is 12.1 Å². The van der Waals surface area contributed by atoms with E-state index >= 15 is 0 Å². The number of anilines is 1. The number of nitrogens with two attached hydrogens (primary N) is 1. The maximum Gasteiger partial charge on any atom is 0.295 e. The summed E-state index contributed by atoms with van der Waals surface area (Å²) in [5, 5.41) is 12.6. The van der Waals surface area contributed by atoms with E-state index in [1.807, 2.05) is 18.2 Å². The zero-order valence-corrected chi connectivity index (χ0v) is 9.33. The van der Waals surface area contributed by atoms with Crippen LogP contribution in [-0.2, 0) is 0 Å². The third-order valence-corrected chi connectivity index (χ3v) is 2.88. The lowest BCUT2D eigenvalue weighted by Gasteiger charge is -2.04. The van der Waals surface area contributed by atoms with Crippen molar-refractivity contribution in [1.82, 2.24) is 4.98 Å². The van der Waals surface area contributed by atoms with Crippen LogP contribution in [0, 0.1) is 10.1 Å². The van der Waals surface area contributed by atoms with Crippen LogP contribution >= 0.6 is 0 Å². The van der Waals surface area contributed by atoms with E-state index in [2.05, 4.69) is 4.98 Å². The van der Waals surface area contributed by atoms with Crippen LogP contribution < -0.4 is 5.73 Å². The molecule has 5 nitrogen and oxygen atoms in total. The summed E-state index contributed by atoms with van der Waals surface area (Å²) in [6.45, 7) is 0. The molecule has 3 aromatic rings. The van der Waals surface area contributed by atoms with Gasteiger partial charge in [0, 0.05) is 16.8 Å². The number of hydrogen-bond acceptors (Lipinski definition) is 4. The molecule has 0 aliphatic carbocycles. The summed E-state index contributed by atoms with van der Waals surface area (Å²) < 4.78 is 0. The van der Waals surface area contributed by atoms with Crippen molar-refractivity contribution in [1.29, 1.82) is 0 Å². The molecule has 1 heterocycles. The van der Waals surface area contributed by atoms with E-state index in [1.165, 1.54) is 6.07 Å². The van der Waals surface area contributed by atoms with E-state index in [9.17, 15) is 10.1 Å². The van der Waals surface area contributed by atoms with Gasteiger partial charge in [0.1, 0.15) is 5.52 Å². The van der Waals surface area contributed by atoms with Crippen molar-refractivity contribution < 1.29 is 4.92 Å². The first-order valence-corrected chi connectivity index (χ1v) is 5.39. The molecule has 0 saturated heterocycles. The minimum Gasteiger partial charge on any atom is -0.397 e. The lowest BCUT2D eigenvalue weighted by Crippen LogP contribution is -1.94. The highest BCUT2D eigenvalue weighted by Gasteiger charge is 2.13. The van der Waals surface area contributed by atoms with E-state index in [4.69, 9.17) is 5.73 Å². The largest absolute Gasteiger partial charge is 0.397 e. The maximum atomic E-state index is 11.0. The number of rotatable bonds is 1. The zero-order valence-electron chi connectivity index (χ0n) is 9.33. The van der Waals surface area contributed by atoms with Crippen LogP contribution in [0.2, 0.25) is 0 Å². The Morgan fingerprint density at radius 2 is 1.72 bits per heavy atom. The molecule has 18 heavy (non-hydrogen) atoms. The number of fused-ring (bicyclic) bond motifs is 2. The molecule has 2 N–H and O–H groups in total. The van der Waals surface area contributed by atoms with Crippen molar-refractivity contribution in [3.05, 3.63) is 52.6 Å². The second-order valence-corrected chi connectivity index (χ2v) is 4.01. The SMILES string of the molecule is Nc1cccc2cc3cccc([N+](=O)[O-])c3nc12. The minimum atomic E-state index is -0.430. The molecule has 1 aromatic heterocycles. The summed E-state index contributed by atoms with van der Waals surface area (Å²) in [6, 6.07) is 12.2. The molecule has 0 spiro atoms. The van der Waals surface area contributed by atoms with Crippen LogP contribution in [0.3, 0.4) is 0 Å². The van der Waals surface area contributed by atoms with Crippen LogP contribution in [0.1, 0.15) is 0 Å². The summed E-state index contributed by atoms with van der Waals surface area (Å²) in [7, 11) is 0. The Balaban J connectivity index is 2.50. The van der Waals surface area contributed by atoms with Crippen LogP contribution in [0.15, 0.2) is 42.5 Å². The first-order valence-electron chi connectivity index (χ1n) is 5.39. The Morgan fingerprint density at radius 1 is 1.06 bits per heavy atom. The molecular formula is C13H9N3O2. The Hall–Kier alpha value is -2.69. The van der Waals surface area contributed by atoms with Crippen molar-refractivity contribution in [3.8, 4) is 0 Å². The van der Waals surface area contributed by atoms with E-state index in [-0.39, 0.29) is 5.69 Å². The summed E-state index contributed by atoms with van der Waals surface area (Å²) in [4.78, 5) is 14.9. The third kappa shape index (κ3) is 1.45. The molecule has 0 amide bonds. The number of aromatic nitrogens is 1. The summed E-state index contributed by atoms with van der Waals surface area (Å²) in [5.41, 5.74) is 7.32. The predicted octanol–water partition coefficient (Wildman–Crippen LogP) is 2.88. The molecule has 0 bridgehead atoms. The molecule has 0 aliphatic rings. The Kier molecular flexibility index (Phi) is 2.13. The lowest BCUT2D eigenvalue weighted by molar-refractivity contribution is -0.383. The molecule has 0 radical (unpaired) electrons. The second kappa shape index (κ2) is 3.66. The lowest BCUT2D eigenvalue weighted by atomic mass is 10.1. The number of benzene rings is 2. The number of para-hydroxylation sites is 2. The van der Waals surface area contributed by atoms with Gasteiger partial charge in [-0.25, -0.2) is 4.98 Å². The van der Waals surface area contributed by atoms with E-state index in [0.717, 1.165) is 10.8 Å². The van der Waals surface area contributed by atoms with Gasteiger partial charge in [-0.2, -0.15) is 0 Å². The standard InChI is InChI=1S/C13H9N3O2/c14-10-5-1-3-8-7-9-4-2-6-11(16(17)18)13(9)15-12(8)10/h1-7H,14H2. The minimum absolute atomic E-state index is 0.00217. The number of pyridine rings is 1. The van der Waals surface area contributed by atoms with E-state index in [1.54, 1.807) is 18.2 Å². The average molecular weight is 239 g/mol. The molecule has 88 valence electrons. The molecule has 3 rings (SSSR count).